The van der Waals surface area contributed by atoms with Gasteiger partial charge in [-0.15, -0.1) is 0 Å². The number of carbonyl (C=O) groups is 2. The average molecular weight is 595 g/mol. The summed E-state index contributed by atoms with van der Waals surface area (Å²) in [5, 5.41) is 0. The lowest BCUT2D eigenvalue weighted by Crippen LogP contribution is -2.21. The summed E-state index contributed by atoms with van der Waals surface area (Å²) in [6.07, 6.45) is 0.885. The Hall–Kier alpha value is -4.26. The van der Waals surface area contributed by atoms with Crippen molar-refractivity contribution in [2.45, 2.75) is 52.7 Å². The Morgan fingerprint density at radius 3 is 1.07 bits per heavy atom. The van der Waals surface area contributed by atoms with Gasteiger partial charge in [0.25, 0.3) is 0 Å². The molecule has 0 aliphatic carbocycles. The number of ketones is 2. The molecule has 6 heteroatoms. The number of rotatable bonds is 17. The van der Waals surface area contributed by atoms with Gasteiger partial charge in [-0.25, -0.2) is 0 Å². The van der Waals surface area contributed by atoms with Gasteiger partial charge in [0.1, 0.15) is 36.9 Å². The molecule has 0 aliphatic rings. The van der Waals surface area contributed by atoms with Crippen molar-refractivity contribution in [2.75, 3.05) is 26.4 Å². The minimum absolute atomic E-state index is 0.00490. The van der Waals surface area contributed by atoms with E-state index in [2.05, 4.69) is 0 Å². The second-order valence-electron chi connectivity index (χ2n) is 10.7. The zero-order chi connectivity index (χ0) is 31.3. The molecule has 0 fully saturated rings. The van der Waals surface area contributed by atoms with Crippen LogP contribution in [0.15, 0.2) is 97.1 Å². The van der Waals surface area contributed by atoms with Gasteiger partial charge in [-0.2, -0.15) is 0 Å². The van der Waals surface area contributed by atoms with Gasteiger partial charge in [0.2, 0.25) is 0 Å². The summed E-state index contributed by atoms with van der Waals surface area (Å²) < 4.78 is 22.9. The number of hydrogen-bond donors (Lipinski definition) is 0. The highest BCUT2D eigenvalue weighted by Gasteiger charge is 2.16. The number of hydrogen-bond acceptors (Lipinski definition) is 6. The van der Waals surface area contributed by atoms with E-state index >= 15 is 0 Å². The third kappa shape index (κ3) is 9.12. The molecule has 0 bridgehead atoms. The molecule has 4 aromatic carbocycles. The molecule has 0 heterocycles. The van der Waals surface area contributed by atoms with Crippen molar-refractivity contribution >= 4 is 11.6 Å². The summed E-state index contributed by atoms with van der Waals surface area (Å²) in [5.41, 5.74) is 5.44. The number of benzene rings is 4. The average Bonchev–Trinajstić information content (AvgIpc) is 3.08. The molecule has 0 radical (unpaired) electrons. The molecule has 0 saturated heterocycles. The molecule has 0 saturated carbocycles. The third-order valence-electron chi connectivity index (χ3n) is 7.22. The van der Waals surface area contributed by atoms with Crippen molar-refractivity contribution in [2.24, 2.45) is 0 Å². The Morgan fingerprint density at radius 2 is 0.773 bits per heavy atom. The Kier molecular flexibility index (Phi) is 12.3. The highest BCUT2D eigenvalue weighted by molar-refractivity contribution is 6.00. The van der Waals surface area contributed by atoms with Gasteiger partial charge >= 0.3 is 0 Å². The molecule has 0 aromatic heterocycles. The number of ether oxygens (including phenoxy) is 4. The smallest absolute Gasteiger partial charge is 0.191 e. The van der Waals surface area contributed by atoms with Crippen molar-refractivity contribution < 1.29 is 28.5 Å². The Balaban J connectivity index is 1.22. The van der Waals surface area contributed by atoms with Crippen LogP contribution in [0.3, 0.4) is 0 Å². The van der Waals surface area contributed by atoms with Crippen LogP contribution in [0, 0.1) is 0 Å². The number of carbonyl (C=O) groups excluding carboxylic acids is 2. The second-order valence-corrected chi connectivity index (χ2v) is 10.7. The molecule has 2 atom stereocenters. The molecule has 0 spiro atoms. The molecule has 0 aliphatic heterocycles. The van der Waals surface area contributed by atoms with E-state index in [9.17, 15) is 9.59 Å². The first-order valence-corrected chi connectivity index (χ1v) is 15.4. The first kappa shape index (κ1) is 32.6. The molecule has 0 N–H and O–H groups in total. The maximum atomic E-state index is 12.5. The molecule has 0 amide bonds. The van der Waals surface area contributed by atoms with Crippen molar-refractivity contribution in [3.05, 3.63) is 108 Å². The van der Waals surface area contributed by atoms with Gasteiger partial charge in [0.15, 0.2) is 11.6 Å². The van der Waals surface area contributed by atoms with Crippen LogP contribution in [0.2, 0.25) is 0 Å². The second kappa shape index (κ2) is 16.6. The fourth-order valence-electron chi connectivity index (χ4n) is 4.67. The van der Waals surface area contributed by atoms with E-state index < -0.39 is 12.2 Å². The summed E-state index contributed by atoms with van der Waals surface area (Å²) in [6, 6.07) is 31.0. The van der Waals surface area contributed by atoms with E-state index in [1.807, 2.05) is 111 Å². The van der Waals surface area contributed by atoms with Crippen molar-refractivity contribution in [3.63, 3.8) is 0 Å². The lowest BCUT2D eigenvalue weighted by Gasteiger charge is -2.12. The lowest BCUT2D eigenvalue weighted by molar-refractivity contribution is 0.0477. The van der Waals surface area contributed by atoms with Crippen LogP contribution >= 0.6 is 0 Å². The van der Waals surface area contributed by atoms with Crippen LogP contribution in [0.5, 0.6) is 11.5 Å². The highest BCUT2D eigenvalue weighted by atomic mass is 16.5. The lowest BCUT2D eigenvalue weighted by atomic mass is 10.0. The van der Waals surface area contributed by atoms with Crippen LogP contribution in [0.1, 0.15) is 61.3 Å². The van der Waals surface area contributed by atoms with Crippen molar-refractivity contribution in [3.8, 4) is 33.8 Å². The molecule has 230 valence electrons. The molecular formula is C38H42O6. The van der Waals surface area contributed by atoms with Gasteiger partial charge in [0.05, 0.1) is 0 Å². The molecule has 2 unspecified atom stereocenters. The Labute approximate surface area is 260 Å². The predicted molar refractivity (Wildman–Crippen MR) is 175 cm³/mol. The van der Waals surface area contributed by atoms with E-state index in [0.29, 0.717) is 37.6 Å². The minimum Gasteiger partial charge on any atom is -0.490 e. The fraction of sp³-hybridized carbons (Fsp3) is 0.316. The molecule has 4 rings (SSSR count). The first-order valence-electron chi connectivity index (χ1n) is 15.4. The van der Waals surface area contributed by atoms with E-state index in [-0.39, 0.29) is 11.6 Å². The third-order valence-corrected chi connectivity index (χ3v) is 7.22. The van der Waals surface area contributed by atoms with Gasteiger partial charge in [-0.3, -0.25) is 9.59 Å². The van der Waals surface area contributed by atoms with Gasteiger partial charge < -0.3 is 18.9 Å². The van der Waals surface area contributed by atoms with Gasteiger partial charge in [0, 0.05) is 24.3 Å². The van der Waals surface area contributed by atoms with E-state index in [4.69, 9.17) is 18.9 Å². The van der Waals surface area contributed by atoms with Crippen LogP contribution in [-0.4, -0.2) is 50.2 Å². The zero-order valence-electron chi connectivity index (χ0n) is 26.1. The maximum absolute atomic E-state index is 12.5. The van der Waals surface area contributed by atoms with E-state index in [0.717, 1.165) is 46.6 Å². The molecule has 6 nitrogen and oxygen atoms in total. The SMILES string of the molecule is CCCOC(C)C(=O)c1ccc(-c2ccc(OCCOc3ccc(-c4ccc(C(=O)C(C)OCCC)cc4)cc3)cc2)cc1. The normalized spacial score (nSPS) is 12.4. The Bertz CT molecular complexity index is 1340. The van der Waals surface area contributed by atoms with E-state index in [1.165, 1.54) is 0 Å². The summed E-state index contributed by atoms with van der Waals surface area (Å²) >= 11 is 0. The van der Waals surface area contributed by atoms with E-state index in [1.54, 1.807) is 13.8 Å². The van der Waals surface area contributed by atoms with Gasteiger partial charge in [-0.1, -0.05) is 86.6 Å². The molecule has 44 heavy (non-hydrogen) atoms. The molecule has 4 aromatic rings. The monoisotopic (exact) mass is 594 g/mol. The summed E-state index contributed by atoms with van der Waals surface area (Å²) in [6.45, 7) is 9.62. The fourth-order valence-corrected chi connectivity index (χ4v) is 4.67. The minimum atomic E-state index is -0.442. The quantitative estimate of drug-likeness (QED) is 0.0902. The summed E-state index contributed by atoms with van der Waals surface area (Å²) in [4.78, 5) is 25.1. The Morgan fingerprint density at radius 1 is 0.477 bits per heavy atom. The standard InChI is InChI=1S/C38H42O6/c1-5-23-41-27(3)37(39)33-11-7-29(8-12-33)31-15-19-35(20-16-31)43-25-26-44-36-21-17-32(18-22-36)30-9-13-34(14-10-30)38(40)28(4)42-24-6-2/h7-22,27-28H,5-6,23-26H2,1-4H3. The van der Waals surface area contributed by atoms with Gasteiger partial charge in [-0.05, 0) is 73.2 Å². The van der Waals surface area contributed by atoms with Crippen LogP contribution in [-0.2, 0) is 9.47 Å². The largest absolute Gasteiger partial charge is 0.490 e. The maximum Gasteiger partial charge on any atom is 0.191 e. The topological polar surface area (TPSA) is 71.1 Å². The van der Waals surface area contributed by atoms with Crippen molar-refractivity contribution in [1.82, 2.24) is 0 Å². The summed E-state index contributed by atoms with van der Waals surface area (Å²) in [5.74, 6) is 1.51. The first-order chi connectivity index (χ1) is 21.4. The molecular weight excluding hydrogens is 552 g/mol. The highest BCUT2D eigenvalue weighted by Crippen LogP contribution is 2.25. The number of Topliss-reactive ketones (excluding diaryl/α,β-unsaturated/α-hetero) is 2. The van der Waals surface area contributed by atoms with Crippen LogP contribution in [0.25, 0.3) is 22.3 Å². The summed E-state index contributed by atoms with van der Waals surface area (Å²) in [7, 11) is 0. The van der Waals surface area contributed by atoms with Crippen LogP contribution < -0.4 is 9.47 Å². The zero-order valence-corrected chi connectivity index (χ0v) is 26.1. The van der Waals surface area contributed by atoms with Crippen molar-refractivity contribution in [1.29, 1.82) is 0 Å². The predicted octanol–water partition coefficient (Wildman–Crippen LogP) is 8.47. The van der Waals surface area contributed by atoms with Crippen LogP contribution in [0.4, 0.5) is 0 Å².